The van der Waals surface area contributed by atoms with Gasteiger partial charge < -0.3 is 39.8 Å². The van der Waals surface area contributed by atoms with Crippen molar-refractivity contribution >= 4 is 23.8 Å². The molecule has 0 aliphatic carbocycles. The summed E-state index contributed by atoms with van der Waals surface area (Å²) in [7, 11) is 5.68. The maximum Gasteiger partial charge on any atom is 0.394 e. The molecule has 0 saturated heterocycles. The number of amides is 2. The molecule has 12 heteroatoms. The van der Waals surface area contributed by atoms with Crippen LogP contribution in [0.25, 0.3) is 11.1 Å². The van der Waals surface area contributed by atoms with Gasteiger partial charge in [-0.2, -0.15) is 0 Å². The Balaban J connectivity index is 2.65. The monoisotopic (exact) mass is 476 g/mol. The van der Waals surface area contributed by atoms with Gasteiger partial charge in [0.1, 0.15) is 0 Å². The minimum atomic E-state index is -1.62. The number of methoxy groups -OCH3 is 4. The zero-order chi connectivity index (χ0) is 25.4. The first-order chi connectivity index (χ1) is 16.2. The van der Waals surface area contributed by atoms with Crippen LogP contribution in [0.5, 0.6) is 23.0 Å². The molecule has 4 N–H and O–H groups in total. The Morgan fingerprint density at radius 3 is 1.26 bits per heavy atom. The molecule has 0 saturated carbocycles. The Labute approximate surface area is 194 Å². The van der Waals surface area contributed by atoms with E-state index in [0.29, 0.717) is 45.3 Å². The Bertz CT molecular complexity index is 1030. The lowest BCUT2D eigenvalue weighted by Crippen LogP contribution is -2.30. The predicted molar refractivity (Wildman–Crippen MR) is 117 cm³/mol. The van der Waals surface area contributed by atoms with Crippen molar-refractivity contribution in [2.24, 2.45) is 0 Å². The number of carboxylic acids is 2. The summed E-state index contributed by atoms with van der Waals surface area (Å²) in [6, 6.07) is 6.43. The van der Waals surface area contributed by atoms with Gasteiger partial charge in [-0.3, -0.25) is 9.59 Å². The zero-order valence-electron chi connectivity index (χ0n) is 18.9. The SMILES string of the molecule is COc1cc(CNC(=O)C(=O)O)cc(-c2cc(CNC(=O)C(=O)O)cc(OC)c2OC)c1OC. The summed E-state index contributed by atoms with van der Waals surface area (Å²) < 4.78 is 21.9. The topological polar surface area (TPSA) is 170 Å². The van der Waals surface area contributed by atoms with Crippen molar-refractivity contribution in [1.29, 1.82) is 0 Å². The van der Waals surface area contributed by atoms with Gasteiger partial charge in [-0.15, -0.1) is 0 Å². The third-order valence-electron chi connectivity index (χ3n) is 4.66. The van der Waals surface area contributed by atoms with E-state index in [1.165, 1.54) is 28.4 Å². The summed E-state index contributed by atoms with van der Waals surface area (Å²) in [4.78, 5) is 44.6. The molecule has 0 atom stereocenters. The Morgan fingerprint density at radius 1 is 0.647 bits per heavy atom. The molecule has 0 spiro atoms. The average Bonchev–Trinajstić information content (AvgIpc) is 2.83. The molecular formula is C22H24N2O10. The highest BCUT2D eigenvalue weighted by atomic mass is 16.5. The largest absolute Gasteiger partial charge is 0.493 e. The smallest absolute Gasteiger partial charge is 0.394 e. The fourth-order valence-corrected chi connectivity index (χ4v) is 3.16. The number of benzene rings is 2. The standard InChI is InChI=1S/C22H24N2O10/c1-31-15-7-11(9-23-19(25)21(27)28)5-13(17(15)33-3)14-6-12(10-24-20(26)22(29)30)8-16(32-2)18(14)34-4/h5-8H,9-10H2,1-4H3,(H,23,25)(H,24,26)(H,27,28)(H,29,30). The highest BCUT2D eigenvalue weighted by molar-refractivity contribution is 6.31. The number of hydrogen-bond donors (Lipinski definition) is 4. The molecule has 0 aliphatic heterocycles. The van der Waals surface area contributed by atoms with E-state index in [4.69, 9.17) is 29.2 Å². The molecule has 34 heavy (non-hydrogen) atoms. The van der Waals surface area contributed by atoms with Crippen molar-refractivity contribution in [3.05, 3.63) is 35.4 Å². The van der Waals surface area contributed by atoms with Crippen molar-refractivity contribution in [3.8, 4) is 34.1 Å². The van der Waals surface area contributed by atoms with Crippen LogP contribution in [0.15, 0.2) is 24.3 Å². The highest BCUT2D eigenvalue weighted by Gasteiger charge is 2.22. The Kier molecular flexibility index (Phi) is 8.65. The third kappa shape index (κ3) is 5.85. The molecule has 12 nitrogen and oxygen atoms in total. The molecule has 0 unspecified atom stereocenters. The van der Waals surface area contributed by atoms with Crippen LogP contribution in [0.4, 0.5) is 0 Å². The lowest BCUT2D eigenvalue weighted by atomic mass is 9.97. The molecule has 2 rings (SSSR count). The van der Waals surface area contributed by atoms with Crippen LogP contribution in [0, 0.1) is 0 Å². The summed E-state index contributed by atoms with van der Waals surface area (Å²) >= 11 is 0. The van der Waals surface area contributed by atoms with Crippen LogP contribution in [0.1, 0.15) is 11.1 Å². The lowest BCUT2D eigenvalue weighted by Gasteiger charge is -2.20. The van der Waals surface area contributed by atoms with E-state index in [1.807, 2.05) is 0 Å². The molecule has 0 aromatic heterocycles. The van der Waals surface area contributed by atoms with E-state index in [0.717, 1.165) is 0 Å². The number of carboxylic acid groups (broad SMARTS) is 2. The summed E-state index contributed by atoms with van der Waals surface area (Å²) in [6.45, 7) is -0.238. The number of carbonyl (C=O) groups excluding carboxylic acids is 2. The summed E-state index contributed by atoms with van der Waals surface area (Å²) in [5.74, 6) is -4.38. The second-order valence-electron chi connectivity index (χ2n) is 6.73. The van der Waals surface area contributed by atoms with Crippen molar-refractivity contribution < 1.29 is 48.3 Å². The lowest BCUT2D eigenvalue weighted by molar-refractivity contribution is -0.150. The zero-order valence-corrected chi connectivity index (χ0v) is 18.9. The van der Waals surface area contributed by atoms with Gasteiger partial charge in [-0.1, -0.05) is 0 Å². The second-order valence-corrected chi connectivity index (χ2v) is 6.73. The predicted octanol–water partition coefficient (Wildman–Crippen LogP) is 0.790. The summed E-state index contributed by atoms with van der Waals surface area (Å²) in [6.07, 6.45) is 0. The van der Waals surface area contributed by atoms with Crippen molar-refractivity contribution in [2.75, 3.05) is 28.4 Å². The van der Waals surface area contributed by atoms with E-state index in [2.05, 4.69) is 10.6 Å². The average molecular weight is 476 g/mol. The van der Waals surface area contributed by atoms with Crippen LogP contribution in [0.3, 0.4) is 0 Å². The first-order valence-electron chi connectivity index (χ1n) is 9.69. The van der Waals surface area contributed by atoms with Gasteiger partial charge in [0, 0.05) is 24.2 Å². The summed E-state index contributed by atoms with van der Waals surface area (Å²) in [5.41, 5.74) is 1.88. The Morgan fingerprint density at radius 2 is 1.00 bits per heavy atom. The fraction of sp³-hybridized carbons (Fsp3) is 0.273. The maximum absolute atomic E-state index is 11.5. The molecule has 0 aliphatic rings. The first-order valence-corrected chi connectivity index (χ1v) is 9.69. The normalized spacial score (nSPS) is 10.1. The highest BCUT2D eigenvalue weighted by Crippen LogP contribution is 2.46. The van der Waals surface area contributed by atoms with Gasteiger partial charge >= 0.3 is 23.8 Å². The van der Waals surface area contributed by atoms with E-state index in [9.17, 15) is 19.2 Å². The number of carbonyl (C=O) groups is 4. The van der Waals surface area contributed by atoms with E-state index >= 15 is 0 Å². The minimum Gasteiger partial charge on any atom is -0.493 e. The van der Waals surface area contributed by atoms with Crippen molar-refractivity contribution in [3.63, 3.8) is 0 Å². The van der Waals surface area contributed by atoms with Gasteiger partial charge in [-0.05, 0) is 35.4 Å². The van der Waals surface area contributed by atoms with E-state index in [1.54, 1.807) is 24.3 Å². The van der Waals surface area contributed by atoms with Crippen LogP contribution < -0.4 is 29.6 Å². The van der Waals surface area contributed by atoms with Crippen LogP contribution in [-0.2, 0) is 32.3 Å². The van der Waals surface area contributed by atoms with Crippen LogP contribution >= 0.6 is 0 Å². The summed E-state index contributed by atoms with van der Waals surface area (Å²) in [5, 5.41) is 22.2. The van der Waals surface area contributed by atoms with Gasteiger partial charge in [0.2, 0.25) is 0 Å². The van der Waals surface area contributed by atoms with Crippen molar-refractivity contribution in [2.45, 2.75) is 13.1 Å². The van der Waals surface area contributed by atoms with Gasteiger partial charge in [0.05, 0.1) is 28.4 Å². The van der Waals surface area contributed by atoms with Gasteiger partial charge in [0.15, 0.2) is 23.0 Å². The number of rotatable bonds is 9. The van der Waals surface area contributed by atoms with E-state index in [-0.39, 0.29) is 13.1 Å². The van der Waals surface area contributed by atoms with E-state index < -0.39 is 23.8 Å². The number of nitrogens with one attached hydrogen (secondary N) is 2. The third-order valence-corrected chi connectivity index (χ3v) is 4.66. The molecular weight excluding hydrogens is 452 g/mol. The first kappa shape index (κ1) is 25.8. The van der Waals surface area contributed by atoms with Crippen molar-refractivity contribution in [1.82, 2.24) is 10.6 Å². The molecule has 0 radical (unpaired) electrons. The molecule has 2 aromatic rings. The Hall–Kier alpha value is -4.48. The molecule has 0 fully saturated rings. The number of ether oxygens (including phenoxy) is 4. The number of aliphatic carboxylic acids is 2. The quantitative estimate of drug-likeness (QED) is 0.380. The molecule has 2 aromatic carbocycles. The molecule has 0 bridgehead atoms. The van der Waals surface area contributed by atoms with Crippen LogP contribution in [-0.4, -0.2) is 62.4 Å². The van der Waals surface area contributed by atoms with Crippen LogP contribution in [0.2, 0.25) is 0 Å². The minimum absolute atomic E-state index is 0.119. The molecule has 0 heterocycles. The molecule has 2 amide bonds. The maximum atomic E-state index is 11.5. The van der Waals surface area contributed by atoms with Gasteiger partial charge in [0.25, 0.3) is 0 Å². The second kappa shape index (κ2) is 11.4. The fourth-order valence-electron chi connectivity index (χ4n) is 3.16. The number of hydrogen-bond acceptors (Lipinski definition) is 8. The molecule has 182 valence electrons. The van der Waals surface area contributed by atoms with Gasteiger partial charge in [-0.25, -0.2) is 9.59 Å².